The predicted molar refractivity (Wildman–Crippen MR) is 91.4 cm³/mol. The fourth-order valence-electron chi connectivity index (χ4n) is 4.39. The van der Waals surface area contributed by atoms with Crippen LogP contribution in [0.1, 0.15) is 42.5 Å². The van der Waals surface area contributed by atoms with Crippen molar-refractivity contribution in [3.8, 4) is 6.07 Å². The zero-order valence-electron chi connectivity index (χ0n) is 14.3. The summed E-state index contributed by atoms with van der Waals surface area (Å²) in [5.41, 5.74) is 2.84. The van der Waals surface area contributed by atoms with E-state index < -0.39 is 0 Å². The third-order valence-electron chi connectivity index (χ3n) is 5.75. The second-order valence-corrected chi connectivity index (χ2v) is 7.79. The number of fused-ring (bicyclic) bond motifs is 4. The number of pyridine rings is 1. The maximum absolute atomic E-state index is 9.59. The summed E-state index contributed by atoms with van der Waals surface area (Å²) >= 11 is 0. The smallest absolute Gasteiger partial charge is 0.147 e. The fourth-order valence-corrected chi connectivity index (χ4v) is 4.39. The topological polar surface area (TPSA) is 43.2 Å². The van der Waals surface area contributed by atoms with Crippen LogP contribution >= 0.6 is 0 Å². The van der Waals surface area contributed by atoms with Gasteiger partial charge in [-0.05, 0) is 63.0 Å². The van der Waals surface area contributed by atoms with Crippen molar-refractivity contribution in [1.82, 2.24) is 9.88 Å². The molecular weight excluding hydrogens is 284 g/mol. The molecule has 2 bridgehead atoms. The van der Waals surface area contributed by atoms with Crippen LogP contribution in [0.15, 0.2) is 6.07 Å². The summed E-state index contributed by atoms with van der Waals surface area (Å²) in [7, 11) is 0. The van der Waals surface area contributed by atoms with Gasteiger partial charge in [0.25, 0.3) is 0 Å². The van der Waals surface area contributed by atoms with Crippen molar-refractivity contribution >= 4 is 5.82 Å². The molecule has 4 aliphatic rings. The first kappa shape index (κ1) is 15.0. The van der Waals surface area contributed by atoms with Crippen LogP contribution in [-0.2, 0) is 0 Å². The molecule has 122 valence electrons. The van der Waals surface area contributed by atoms with E-state index in [1.807, 2.05) is 19.9 Å². The first-order valence-corrected chi connectivity index (χ1v) is 9.01. The summed E-state index contributed by atoms with van der Waals surface area (Å²) in [6.45, 7) is 8.69. The van der Waals surface area contributed by atoms with E-state index in [1.165, 1.54) is 38.8 Å². The molecule has 0 unspecified atom stereocenters. The lowest BCUT2D eigenvalue weighted by atomic mass is 9.95. The predicted octanol–water partition coefficient (Wildman–Crippen LogP) is 2.88. The molecule has 1 aromatic heterocycles. The van der Waals surface area contributed by atoms with Gasteiger partial charge in [-0.25, -0.2) is 4.98 Å². The molecule has 4 heteroatoms. The van der Waals surface area contributed by atoms with Gasteiger partial charge >= 0.3 is 0 Å². The van der Waals surface area contributed by atoms with Crippen LogP contribution in [0, 0.1) is 37.0 Å². The molecule has 4 nitrogen and oxygen atoms in total. The number of hydrogen-bond acceptors (Lipinski definition) is 4. The number of nitrogens with zero attached hydrogens (tertiary/aromatic N) is 4. The van der Waals surface area contributed by atoms with Crippen LogP contribution in [-0.4, -0.2) is 42.1 Å². The molecule has 1 saturated carbocycles. The first-order chi connectivity index (χ1) is 11.1. The Bertz CT molecular complexity index is 644. The summed E-state index contributed by atoms with van der Waals surface area (Å²) in [6.07, 6.45) is 5.49. The maximum Gasteiger partial charge on any atom is 0.147 e. The molecule has 1 aliphatic carbocycles. The van der Waals surface area contributed by atoms with Crippen LogP contribution in [0.5, 0.6) is 0 Å². The van der Waals surface area contributed by atoms with Crippen molar-refractivity contribution in [3.05, 3.63) is 22.9 Å². The molecule has 1 aromatic rings. The van der Waals surface area contributed by atoms with Gasteiger partial charge in [-0.1, -0.05) is 0 Å². The van der Waals surface area contributed by atoms with Crippen LogP contribution in [0.3, 0.4) is 0 Å². The molecule has 0 radical (unpaired) electrons. The van der Waals surface area contributed by atoms with Gasteiger partial charge in [-0.2, -0.15) is 5.26 Å². The molecule has 23 heavy (non-hydrogen) atoms. The lowest BCUT2D eigenvalue weighted by molar-refractivity contribution is 0.128. The van der Waals surface area contributed by atoms with Crippen molar-refractivity contribution in [2.24, 2.45) is 11.8 Å². The lowest BCUT2D eigenvalue weighted by Gasteiger charge is -2.36. The molecule has 4 heterocycles. The van der Waals surface area contributed by atoms with Crippen LogP contribution in [0.25, 0.3) is 0 Å². The highest BCUT2D eigenvalue weighted by Gasteiger charge is 2.38. The molecular formula is C19H26N4. The Morgan fingerprint density at radius 3 is 2.74 bits per heavy atom. The molecule has 0 aromatic carbocycles. The molecule has 0 amide bonds. The molecule has 2 atom stereocenters. The minimum Gasteiger partial charge on any atom is -0.354 e. The van der Waals surface area contributed by atoms with Gasteiger partial charge in [0.1, 0.15) is 11.9 Å². The van der Waals surface area contributed by atoms with Gasteiger partial charge in [0.15, 0.2) is 0 Å². The number of rotatable bonds is 3. The fraction of sp³-hybridized carbons (Fsp3) is 0.684. The minimum absolute atomic E-state index is 0.642. The summed E-state index contributed by atoms with van der Waals surface area (Å²) in [6, 6.07) is 5.06. The highest BCUT2D eigenvalue weighted by molar-refractivity contribution is 5.58. The number of hydrogen-bond donors (Lipinski definition) is 0. The van der Waals surface area contributed by atoms with Crippen LogP contribution in [0.4, 0.5) is 5.82 Å². The minimum atomic E-state index is 0.642. The van der Waals surface area contributed by atoms with E-state index in [2.05, 4.69) is 15.9 Å². The SMILES string of the molecule is Cc1cc(C)c(C#N)c(N2C[C@H]3CC[C@@H](C2)N(CC2CC2)C3)n1. The van der Waals surface area contributed by atoms with Crippen LogP contribution < -0.4 is 4.90 Å². The van der Waals surface area contributed by atoms with E-state index in [4.69, 9.17) is 4.98 Å². The van der Waals surface area contributed by atoms with E-state index in [1.54, 1.807) is 0 Å². The Kier molecular flexibility index (Phi) is 3.77. The maximum atomic E-state index is 9.59. The zero-order valence-corrected chi connectivity index (χ0v) is 14.3. The van der Waals surface area contributed by atoms with Crippen LogP contribution in [0.2, 0.25) is 0 Å². The van der Waals surface area contributed by atoms with Crippen molar-refractivity contribution < 1.29 is 0 Å². The van der Waals surface area contributed by atoms with Crippen molar-refractivity contribution in [3.63, 3.8) is 0 Å². The second kappa shape index (κ2) is 5.79. The second-order valence-electron chi connectivity index (χ2n) is 7.79. The highest BCUT2D eigenvalue weighted by atomic mass is 15.3. The largest absolute Gasteiger partial charge is 0.354 e. The number of anilines is 1. The number of nitriles is 1. The van der Waals surface area contributed by atoms with Gasteiger partial charge in [-0.15, -0.1) is 0 Å². The van der Waals surface area contributed by atoms with Crippen molar-refractivity contribution in [2.45, 2.75) is 45.6 Å². The molecule has 5 rings (SSSR count). The number of aryl methyl sites for hydroxylation is 2. The third kappa shape index (κ3) is 2.95. The molecule has 4 fully saturated rings. The van der Waals surface area contributed by atoms with Crippen molar-refractivity contribution in [1.29, 1.82) is 5.26 Å². The zero-order chi connectivity index (χ0) is 16.0. The van der Waals surface area contributed by atoms with Crippen molar-refractivity contribution in [2.75, 3.05) is 31.1 Å². The molecule has 3 saturated heterocycles. The number of aromatic nitrogens is 1. The van der Waals surface area contributed by atoms with E-state index in [-0.39, 0.29) is 0 Å². The standard InChI is InChI=1S/C19H26N4/c1-13-7-14(2)21-19(18(13)8-20)23-11-16-5-6-17(12-23)22(10-16)9-15-3-4-15/h7,15-17H,3-6,9-12H2,1-2H3/t16-,17-/m0/s1. The highest BCUT2D eigenvalue weighted by Crippen LogP contribution is 2.36. The average molecular weight is 310 g/mol. The van der Waals surface area contributed by atoms with Gasteiger partial charge in [-0.3, -0.25) is 4.90 Å². The Morgan fingerprint density at radius 1 is 1.17 bits per heavy atom. The lowest BCUT2D eigenvalue weighted by Crippen LogP contribution is -2.44. The Balaban J connectivity index is 1.62. The van der Waals surface area contributed by atoms with Gasteiger partial charge in [0.05, 0.1) is 5.56 Å². The Morgan fingerprint density at radius 2 is 2.00 bits per heavy atom. The third-order valence-corrected chi connectivity index (χ3v) is 5.75. The number of piperidine rings is 1. The average Bonchev–Trinajstić information content (AvgIpc) is 3.34. The Labute approximate surface area is 139 Å². The molecule has 3 aliphatic heterocycles. The van der Waals surface area contributed by atoms with Gasteiger partial charge < -0.3 is 4.90 Å². The summed E-state index contributed by atoms with van der Waals surface area (Å²) in [5, 5.41) is 9.59. The van der Waals surface area contributed by atoms with E-state index in [9.17, 15) is 5.26 Å². The summed E-state index contributed by atoms with van der Waals surface area (Å²) < 4.78 is 0. The monoisotopic (exact) mass is 310 g/mol. The quantitative estimate of drug-likeness (QED) is 0.861. The normalized spacial score (nSPS) is 27.8. The van der Waals surface area contributed by atoms with E-state index in [0.717, 1.165) is 47.6 Å². The summed E-state index contributed by atoms with van der Waals surface area (Å²) in [5.74, 6) is 2.61. The van der Waals surface area contributed by atoms with E-state index in [0.29, 0.717) is 6.04 Å². The van der Waals surface area contributed by atoms with E-state index >= 15 is 0 Å². The van der Waals surface area contributed by atoms with Gasteiger partial charge in [0, 0.05) is 37.9 Å². The molecule has 0 spiro atoms. The summed E-state index contributed by atoms with van der Waals surface area (Å²) in [4.78, 5) is 9.90. The van der Waals surface area contributed by atoms with Gasteiger partial charge in [0.2, 0.25) is 0 Å². The molecule has 0 N–H and O–H groups in total. The Hall–Kier alpha value is -1.60. The first-order valence-electron chi connectivity index (χ1n) is 9.01.